The summed E-state index contributed by atoms with van der Waals surface area (Å²) in [6.45, 7) is 4.99. The maximum Gasteiger partial charge on any atom is 0.416 e. The van der Waals surface area contributed by atoms with Crippen LogP contribution in [0.2, 0.25) is 0 Å². The number of benzene rings is 1. The number of alkyl halides is 3. The zero-order chi connectivity index (χ0) is 13.9. The van der Waals surface area contributed by atoms with Gasteiger partial charge in [0.25, 0.3) is 0 Å². The lowest BCUT2D eigenvalue weighted by atomic mass is 10.0. The second-order valence-electron chi connectivity index (χ2n) is 4.94. The molecule has 2 nitrogen and oxygen atoms in total. The van der Waals surface area contributed by atoms with E-state index in [1.165, 1.54) is 12.1 Å². The Hall–Kier alpha value is -1.07. The minimum Gasteiger partial charge on any atom is -0.314 e. The molecule has 106 valence electrons. The number of rotatable bonds is 5. The van der Waals surface area contributed by atoms with Crippen molar-refractivity contribution in [3.63, 3.8) is 0 Å². The quantitative estimate of drug-likeness (QED) is 0.886. The molecule has 0 unspecified atom stereocenters. The highest BCUT2D eigenvalue weighted by atomic mass is 19.4. The first-order chi connectivity index (χ1) is 9.02. The van der Waals surface area contributed by atoms with Gasteiger partial charge in [-0.3, -0.25) is 4.90 Å². The van der Waals surface area contributed by atoms with E-state index in [4.69, 9.17) is 0 Å². The van der Waals surface area contributed by atoms with E-state index in [1.807, 2.05) is 0 Å². The fraction of sp³-hybridized carbons (Fsp3) is 0.571. The monoisotopic (exact) mass is 272 g/mol. The fourth-order valence-corrected chi connectivity index (χ4v) is 2.36. The third-order valence-corrected chi connectivity index (χ3v) is 3.48. The molecule has 1 aliphatic heterocycles. The van der Waals surface area contributed by atoms with Gasteiger partial charge in [-0.15, -0.1) is 0 Å². The molecule has 1 aromatic carbocycles. The largest absolute Gasteiger partial charge is 0.416 e. The molecule has 5 heteroatoms. The highest BCUT2D eigenvalue weighted by Crippen LogP contribution is 2.32. The van der Waals surface area contributed by atoms with Gasteiger partial charge >= 0.3 is 6.18 Å². The maximum absolute atomic E-state index is 13.0. The van der Waals surface area contributed by atoms with E-state index in [9.17, 15) is 13.2 Å². The number of hydrogen-bond donors (Lipinski definition) is 1. The molecular formula is C14H19F3N2. The fourth-order valence-electron chi connectivity index (χ4n) is 2.36. The first kappa shape index (κ1) is 14.3. The zero-order valence-corrected chi connectivity index (χ0v) is 11.0. The van der Waals surface area contributed by atoms with Crippen LogP contribution >= 0.6 is 0 Å². The molecule has 0 aromatic heterocycles. The Morgan fingerprint density at radius 2 is 1.95 bits per heavy atom. The number of halogens is 3. The minimum absolute atomic E-state index is 0.362. The predicted molar refractivity (Wildman–Crippen MR) is 68.8 cm³/mol. The lowest BCUT2D eigenvalue weighted by Crippen LogP contribution is -2.57. The second-order valence-corrected chi connectivity index (χ2v) is 4.94. The molecule has 19 heavy (non-hydrogen) atoms. The number of nitrogens with one attached hydrogen (secondary N) is 1. The molecule has 0 atom stereocenters. The van der Waals surface area contributed by atoms with Crippen LogP contribution < -0.4 is 5.32 Å². The number of nitrogens with zero attached hydrogens (tertiary/aromatic N) is 1. The Morgan fingerprint density at radius 1 is 1.26 bits per heavy atom. The van der Waals surface area contributed by atoms with Crippen molar-refractivity contribution in [2.24, 2.45) is 0 Å². The van der Waals surface area contributed by atoms with Gasteiger partial charge < -0.3 is 5.32 Å². The second kappa shape index (κ2) is 5.92. The molecule has 0 aliphatic carbocycles. The summed E-state index contributed by atoms with van der Waals surface area (Å²) in [4.78, 5) is 2.14. The molecule has 1 fully saturated rings. The first-order valence-electron chi connectivity index (χ1n) is 6.62. The van der Waals surface area contributed by atoms with Crippen molar-refractivity contribution in [1.29, 1.82) is 0 Å². The Morgan fingerprint density at radius 3 is 2.47 bits per heavy atom. The van der Waals surface area contributed by atoms with Crippen molar-refractivity contribution in [3.05, 3.63) is 35.4 Å². The Balaban J connectivity index is 2.16. The summed E-state index contributed by atoms with van der Waals surface area (Å²) in [5, 5.41) is 3.17. The van der Waals surface area contributed by atoms with Crippen molar-refractivity contribution in [2.45, 2.75) is 32.1 Å². The van der Waals surface area contributed by atoms with Crippen molar-refractivity contribution < 1.29 is 13.2 Å². The summed E-state index contributed by atoms with van der Waals surface area (Å²) < 4.78 is 38.9. The Labute approximate surface area is 111 Å². The van der Waals surface area contributed by atoms with Crippen LogP contribution in [0.3, 0.4) is 0 Å². The van der Waals surface area contributed by atoms with E-state index in [-0.39, 0.29) is 0 Å². The molecular weight excluding hydrogens is 253 g/mol. The summed E-state index contributed by atoms with van der Waals surface area (Å²) in [5.74, 6) is 0. The normalized spacial score (nSPS) is 16.7. The van der Waals surface area contributed by atoms with Crippen LogP contribution in [0.25, 0.3) is 0 Å². The Bertz CT molecular complexity index is 413. The van der Waals surface area contributed by atoms with Crippen LogP contribution in [-0.4, -0.2) is 30.6 Å². The molecule has 1 N–H and O–H groups in total. The Kier molecular flexibility index (Phi) is 4.47. The predicted octanol–water partition coefficient (Wildman–Crippen LogP) is 2.89. The standard InChI is InChI=1S/C14H19F3N2/c1-2-7-19(12-8-18-9-12)10-11-5-3-4-6-13(11)14(15,16)17/h3-6,12,18H,2,7-10H2,1H3. The SMILES string of the molecule is CCCN(Cc1ccccc1C(F)(F)F)C1CNC1. The summed E-state index contributed by atoms with van der Waals surface area (Å²) in [6, 6.07) is 6.23. The maximum atomic E-state index is 13.0. The molecule has 0 spiro atoms. The van der Waals surface area contributed by atoms with Gasteiger partial charge in [0.15, 0.2) is 0 Å². The molecule has 0 radical (unpaired) electrons. The van der Waals surface area contributed by atoms with E-state index in [0.717, 1.165) is 26.1 Å². The minimum atomic E-state index is -4.27. The first-order valence-corrected chi connectivity index (χ1v) is 6.62. The van der Waals surface area contributed by atoms with Gasteiger partial charge in [-0.25, -0.2) is 0 Å². The molecule has 0 amide bonds. The van der Waals surface area contributed by atoms with Crippen molar-refractivity contribution in [1.82, 2.24) is 10.2 Å². The molecule has 2 rings (SSSR count). The van der Waals surface area contributed by atoms with E-state index >= 15 is 0 Å². The van der Waals surface area contributed by atoms with Gasteiger partial charge in [0.2, 0.25) is 0 Å². The summed E-state index contributed by atoms with van der Waals surface area (Å²) in [7, 11) is 0. The lowest BCUT2D eigenvalue weighted by molar-refractivity contribution is -0.138. The van der Waals surface area contributed by atoms with E-state index in [0.29, 0.717) is 18.2 Å². The average molecular weight is 272 g/mol. The van der Waals surface area contributed by atoms with E-state index in [1.54, 1.807) is 12.1 Å². The third-order valence-electron chi connectivity index (χ3n) is 3.48. The molecule has 0 saturated carbocycles. The molecule has 1 heterocycles. The average Bonchev–Trinajstić information content (AvgIpc) is 2.26. The van der Waals surface area contributed by atoms with Gasteiger partial charge in [0.05, 0.1) is 5.56 Å². The highest BCUT2D eigenvalue weighted by Gasteiger charge is 2.34. The van der Waals surface area contributed by atoms with Crippen molar-refractivity contribution >= 4 is 0 Å². The van der Waals surface area contributed by atoms with Crippen LogP contribution in [0.5, 0.6) is 0 Å². The van der Waals surface area contributed by atoms with E-state index < -0.39 is 11.7 Å². The smallest absolute Gasteiger partial charge is 0.314 e. The van der Waals surface area contributed by atoms with Crippen LogP contribution in [-0.2, 0) is 12.7 Å². The zero-order valence-electron chi connectivity index (χ0n) is 11.0. The summed E-state index contributed by atoms with van der Waals surface area (Å²) in [5.41, 5.74) is -0.140. The third kappa shape index (κ3) is 3.48. The van der Waals surface area contributed by atoms with Crippen LogP contribution in [0.4, 0.5) is 13.2 Å². The van der Waals surface area contributed by atoms with Gasteiger partial charge in [-0.1, -0.05) is 25.1 Å². The summed E-state index contributed by atoms with van der Waals surface area (Å²) >= 11 is 0. The van der Waals surface area contributed by atoms with Gasteiger partial charge in [0.1, 0.15) is 0 Å². The van der Waals surface area contributed by atoms with E-state index in [2.05, 4.69) is 17.1 Å². The van der Waals surface area contributed by atoms with Crippen molar-refractivity contribution in [3.8, 4) is 0 Å². The highest BCUT2D eigenvalue weighted by molar-refractivity contribution is 5.29. The van der Waals surface area contributed by atoms with Crippen molar-refractivity contribution in [2.75, 3.05) is 19.6 Å². The van der Waals surface area contributed by atoms with Crippen LogP contribution in [0.15, 0.2) is 24.3 Å². The van der Waals surface area contributed by atoms with Gasteiger partial charge in [-0.2, -0.15) is 13.2 Å². The molecule has 1 saturated heterocycles. The van der Waals surface area contributed by atoms with Crippen LogP contribution in [0, 0.1) is 0 Å². The van der Waals surface area contributed by atoms with Gasteiger partial charge in [0, 0.05) is 25.7 Å². The summed E-state index contributed by atoms with van der Waals surface area (Å²) in [6.07, 6.45) is -3.32. The molecule has 1 aliphatic rings. The lowest BCUT2D eigenvalue weighted by Gasteiger charge is -2.38. The topological polar surface area (TPSA) is 15.3 Å². The molecule has 0 bridgehead atoms. The van der Waals surface area contributed by atoms with Crippen LogP contribution in [0.1, 0.15) is 24.5 Å². The van der Waals surface area contributed by atoms with Gasteiger partial charge in [-0.05, 0) is 24.6 Å². The number of hydrogen-bond acceptors (Lipinski definition) is 2. The molecule has 1 aromatic rings.